The highest BCUT2D eigenvalue weighted by molar-refractivity contribution is 7.88. The third-order valence-corrected chi connectivity index (χ3v) is 8.53. The number of fused-ring (bicyclic) bond motifs is 1. The molecular weight excluding hydrogens is 422 g/mol. The zero-order chi connectivity index (χ0) is 22.6. The highest BCUT2D eigenvalue weighted by Gasteiger charge is 2.31. The molecule has 2 heterocycles. The Kier molecular flexibility index (Phi) is 7.16. The highest BCUT2D eigenvalue weighted by Crippen LogP contribution is 2.27. The van der Waals surface area contributed by atoms with Crippen molar-refractivity contribution in [1.82, 2.24) is 9.62 Å². The van der Waals surface area contributed by atoms with Gasteiger partial charge in [0, 0.05) is 44.3 Å². The lowest BCUT2D eigenvalue weighted by Crippen LogP contribution is -2.43. The largest absolute Gasteiger partial charge is 0.371 e. The quantitative estimate of drug-likeness (QED) is 0.621. The number of hydrogen-bond donors (Lipinski definition) is 1. The topological polar surface area (TPSA) is 69.7 Å². The molecule has 0 radical (unpaired) electrons. The summed E-state index contributed by atoms with van der Waals surface area (Å²) in [6, 6.07) is 16.1. The molecule has 0 saturated carbocycles. The first kappa shape index (κ1) is 22.8. The van der Waals surface area contributed by atoms with Gasteiger partial charge in [-0.05, 0) is 55.4 Å². The SMILES string of the molecule is Cc1ccccc1CS(=O)(=O)N1CCC(C(=O)NCCCN2CCc3ccccc32)CC1. The van der Waals surface area contributed by atoms with Crippen LogP contribution in [0.4, 0.5) is 5.69 Å². The number of nitrogens with zero attached hydrogens (tertiary/aromatic N) is 2. The van der Waals surface area contributed by atoms with Crippen molar-refractivity contribution in [2.45, 2.75) is 38.4 Å². The molecule has 1 N–H and O–H groups in total. The Morgan fingerprint density at radius 3 is 2.53 bits per heavy atom. The molecule has 1 fully saturated rings. The van der Waals surface area contributed by atoms with Crippen LogP contribution in [0, 0.1) is 12.8 Å². The molecule has 0 atom stereocenters. The number of amides is 1. The summed E-state index contributed by atoms with van der Waals surface area (Å²) in [6.45, 7) is 5.40. The molecule has 7 heteroatoms. The minimum atomic E-state index is -3.37. The van der Waals surface area contributed by atoms with Gasteiger partial charge >= 0.3 is 0 Å². The van der Waals surface area contributed by atoms with Crippen molar-refractivity contribution in [3.63, 3.8) is 0 Å². The van der Waals surface area contributed by atoms with E-state index >= 15 is 0 Å². The van der Waals surface area contributed by atoms with Gasteiger partial charge in [-0.2, -0.15) is 0 Å². The van der Waals surface area contributed by atoms with E-state index in [-0.39, 0.29) is 17.6 Å². The number of sulfonamides is 1. The molecule has 172 valence electrons. The van der Waals surface area contributed by atoms with Crippen molar-refractivity contribution in [3.05, 3.63) is 65.2 Å². The predicted molar refractivity (Wildman–Crippen MR) is 128 cm³/mol. The summed E-state index contributed by atoms with van der Waals surface area (Å²) in [4.78, 5) is 15.0. The summed E-state index contributed by atoms with van der Waals surface area (Å²) in [7, 11) is -3.37. The molecule has 4 rings (SSSR count). The smallest absolute Gasteiger partial charge is 0.223 e. The lowest BCUT2D eigenvalue weighted by Gasteiger charge is -2.30. The Bertz CT molecular complexity index is 1050. The van der Waals surface area contributed by atoms with Gasteiger partial charge in [0.05, 0.1) is 5.75 Å². The lowest BCUT2D eigenvalue weighted by atomic mass is 9.97. The number of rotatable bonds is 8. The Balaban J connectivity index is 1.19. The van der Waals surface area contributed by atoms with Gasteiger partial charge in [-0.1, -0.05) is 42.5 Å². The van der Waals surface area contributed by atoms with Crippen molar-refractivity contribution in [3.8, 4) is 0 Å². The van der Waals surface area contributed by atoms with Crippen LogP contribution in [0.2, 0.25) is 0 Å². The molecule has 2 aliphatic heterocycles. The predicted octanol–water partition coefficient (Wildman–Crippen LogP) is 3.11. The number of anilines is 1. The molecule has 2 aliphatic rings. The molecule has 2 aromatic rings. The van der Waals surface area contributed by atoms with Gasteiger partial charge < -0.3 is 10.2 Å². The number of carbonyl (C=O) groups excluding carboxylic acids is 1. The first-order valence-electron chi connectivity index (χ1n) is 11.6. The number of para-hydroxylation sites is 1. The van der Waals surface area contributed by atoms with E-state index in [1.54, 1.807) is 4.31 Å². The Labute approximate surface area is 191 Å². The normalized spacial score (nSPS) is 17.3. The molecule has 2 aromatic carbocycles. The molecule has 1 saturated heterocycles. The van der Waals surface area contributed by atoms with Crippen molar-refractivity contribution in [1.29, 1.82) is 0 Å². The second-order valence-corrected chi connectivity index (χ2v) is 10.8. The van der Waals surface area contributed by atoms with Crippen LogP contribution < -0.4 is 10.2 Å². The third-order valence-electron chi connectivity index (χ3n) is 6.70. The van der Waals surface area contributed by atoms with Crippen LogP contribution in [-0.4, -0.2) is 51.4 Å². The minimum absolute atomic E-state index is 0.0240. The van der Waals surface area contributed by atoms with Gasteiger partial charge in [-0.3, -0.25) is 4.79 Å². The standard InChI is InChI=1S/C25H33N3O3S/c1-20-7-2-3-9-23(20)19-32(30,31)28-17-12-22(13-18-28)25(29)26-14-6-15-27-16-11-21-8-4-5-10-24(21)27/h2-5,7-10,22H,6,11-19H2,1H3,(H,26,29). The molecule has 6 nitrogen and oxygen atoms in total. The summed E-state index contributed by atoms with van der Waals surface area (Å²) in [5.41, 5.74) is 4.55. The van der Waals surface area contributed by atoms with Crippen LogP contribution in [0.1, 0.15) is 36.0 Å². The van der Waals surface area contributed by atoms with Crippen LogP contribution in [0.3, 0.4) is 0 Å². The minimum Gasteiger partial charge on any atom is -0.371 e. The Hall–Kier alpha value is -2.38. The van der Waals surface area contributed by atoms with E-state index < -0.39 is 10.0 Å². The first-order chi connectivity index (χ1) is 15.4. The van der Waals surface area contributed by atoms with Crippen LogP contribution in [0.15, 0.2) is 48.5 Å². The maximum atomic E-state index is 12.8. The summed E-state index contributed by atoms with van der Waals surface area (Å²) in [5.74, 6) is -0.0221. The van der Waals surface area contributed by atoms with E-state index in [0.29, 0.717) is 32.5 Å². The zero-order valence-electron chi connectivity index (χ0n) is 18.8. The molecule has 32 heavy (non-hydrogen) atoms. The van der Waals surface area contributed by atoms with E-state index in [9.17, 15) is 13.2 Å². The van der Waals surface area contributed by atoms with Crippen LogP contribution in [0.5, 0.6) is 0 Å². The van der Waals surface area contributed by atoms with Gasteiger partial charge in [0.15, 0.2) is 0 Å². The maximum Gasteiger partial charge on any atom is 0.223 e. The third kappa shape index (κ3) is 5.33. The number of hydrogen-bond acceptors (Lipinski definition) is 4. The fraction of sp³-hybridized carbons (Fsp3) is 0.480. The fourth-order valence-electron chi connectivity index (χ4n) is 4.72. The molecule has 0 bridgehead atoms. The molecule has 0 aromatic heterocycles. The van der Waals surface area contributed by atoms with E-state index in [1.165, 1.54) is 11.3 Å². The summed E-state index contributed by atoms with van der Waals surface area (Å²) < 4.78 is 27.2. The monoisotopic (exact) mass is 455 g/mol. The van der Waals surface area contributed by atoms with Crippen LogP contribution in [0.25, 0.3) is 0 Å². The number of benzene rings is 2. The van der Waals surface area contributed by atoms with Gasteiger partial charge in [-0.15, -0.1) is 0 Å². The molecule has 0 spiro atoms. The number of carbonyl (C=O) groups is 1. The molecule has 0 aliphatic carbocycles. The van der Waals surface area contributed by atoms with Gasteiger partial charge in [0.2, 0.25) is 15.9 Å². The van der Waals surface area contributed by atoms with Gasteiger partial charge in [-0.25, -0.2) is 12.7 Å². The molecule has 1 amide bonds. The zero-order valence-corrected chi connectivity index (χ0v) is 19.6. The molecule has 0 unspecified atom stereocenters. The Morgan fingerprint density at radius 2 is 1.75 bits per heavy atom. The first-order valence-corrected chi connectivity index (χ1v) is 13.2. The van der Waals surface area contributed by atoms with Crippen molar-refractivity contribution in [2.75, 3.05) is 37.6 Å². The van der Waals surface area contributed by atoms with Crippen molar-refractivity contribution >= 4 is 21.6 Å². The van der Waals surface area contributed by atoms with Gasteiger partial charge in [0.25, 0.3) is 0 Å². The van der Waals surface area contributed by atoms with Crippen molar-refractivity contribution in [2.24, 2.45) is 5.92 Å². The van der Waals surface area contributed by atoms with Crippen LogP contribution in [-0.2, 0) is 27.0 Å². The summed E-state index contributed by atoms with van der Waals surface area (Å²) in [6.07, 6.45) is 3.16. The average molecular weight is 456 g/mol. The highest BCUT2D eigenvalue weighted by atomic mass is 32.2. The van der Waals surface area contributed by atoms with E-state index in [1.807, 2.05) is 31.2 Å². The Morgan fingerprint density at radius 1 is 1.03 bits per heavy atom. The summed E-state index contributed by atoms with van der Waals surface area (Å²) >= 11 is 0. The van der Waals surface area contributed by atoms with E-state index in [2.05, 4.69) is 34.5 Å². The second-order valence-electron chi connectivity index (χ2n) is 8.87. The lowest BCUT2D eigenvalue weighted by molar-refractivity contribution is -0.126. The van der Waals surface area contributed by atoms with Gasteiger partial charge in [0.1, 0.15) is 0 Å². The number of nitrogens with one attached hydrogen (secondary N) is 1. The summed E-state index contributed by atoms with van der Waals surface area (Å²) in [5, 5.41) is 3.07. The fourth-order valence-corrected chi connectivity index (χ4v) is 6.39. The second kappa shape index (κ2) is 10.0. The number of aryl methyl sites for hydroxylation is 1. The molecular formula is C25H33N3O3S. The maximum absolute atomic E-state index is 12.8. The van der Waals surface area contributed by atoms with Crippen molar-refractivity contribution < 1.29 is 13.2 Å². The van der Waals surface area contributed by atoms with E-state index in [4.69, 9.17) is 0 Å². The van der Waals surface area contributed by atoms with E-state index in [0.717, 1.165) is 37.1 Å². The average Bonchev–Trinajstić information content (AvgIpc) is 3.21. The number of piperidine rings is 1. The van der Waals surface area contributed by atoms with Crippen LogP contribution >= 0.6 is 0 Å².